The fourth-order valence-electron chi connectivity index (χ4n) is 2.21. The lowest BCUT2D eigenvalue weighted by Gasteiger charge is -2.22. The van der Waals surface area contributed by atoms with E-state index in [1.807, 2.05) is 0 Å². The first kappa shape index (κ1) is 16.2. The summed E-state index contributed by atoms with van der Waals surface area (Å²) in [6.07, 6.45) is -1.11. The van der Waals surface area contributed by atoms with Crippen molar-refractivity contribution in [3.8, 4) is 0 Å². The van der Waals surface area contributed by atoms with Crippen molar-refractivity contribution in [2.75, 3.05) is 13.7 Å². The Balaban J connectivity index is 2.44. The zero-order chi connectivity index (χ0) is 15.8. The van der Waals surface area contributed by atoms with Gasteiger partial charge in [-0.1, -0.05) is 11.6 Å². The van der Waals surface area contributed by atoms with Crippen LogP contribution in [0.5, 0.6) is 0 Å². The van der Waals surface area contributed by atoms with Gasteiger partial charge < -0.3 is 9.84 Å². The molecule has 9 heteroatoms. The van der Waals surface area contributed by atoms with Crippen molar-refractivity contribution in [2.24, 2.45) is 0 Å². The lowest BCUT2D eigenvalue weighted by Crippen LogP contribution is -2.41. The second-order valence-corrected chi connectivity index (χ2v) is 6.87. The Morgan fingerprint density at radius 1 is 1.52 bits per heavy atom. The number of ether oxygens (including phenoxy) is 1. The summed E-state index contributed by atoms with van der Waals surface area (Å²) in [5.41, 5.74) is 0. The van der Waals surface area contributed by atoms with Crippen molar-refractivity contribution in [1.29, 1.82) is 0 Å². The Kier molecular flexibility index (Phi) is 4.52. The molecule has 2 unspecified atom stereocenters. The lowest BCUT2D eigenvalue weighted by atomic mass is 10.2. The molecule has 1 aromatic carbocycles. The van der Waals surface area contributed by atoms with Gasteiger partial charge in [0, 0.05) is 18.0 Å². The van der Waals surface area contributed by atoms with E-state index < -0.39 is 38.9 Å². The molecule has 1 aromatic rings. The van der Waals surface area contributed by atoms with Gasteiger partial charge in [-0.15, -0.1) is 0 Å². The van der Waals surface area contributed by atoms with Gasteiger partial charge in [-0.2, -0.15) is 4.31 Å². The van der Waals surface area contributed by atoms with Gasteiger partial charge in [0.1, 0.15) is 16.8 Å². The molecule has 0 radical (unpaired) electrons. The first-order valence-electron chi connectivity index (χ1n) is 6.00. The molecule has 0 aliphatic carbocycles. The highest BCUT2D eigenvalue weighted by Crippen LogP contribution is 2.29. The van der Waals surface area contributed by atoms with Gasteiger partial charge in [0.25, 0.3) is 0 Å². The standard InChI is InChI=1S/C12H13ClFNO5S/c1-20-12(17)10-5-8(16)6-15(10)21(18,19)11-3-2-7(13)4-9(11)14/h2-4,8,10,16H,5-6H2,1H3. The maximum atomic E-state index is 13.8. The summed E-state index contributed by atoms with van der Waals surface area (Å²) >= 11 is 5.59. The van der Waals surface area contributed by atoms with Gasteiger partial charge >= 0.3 is 5.97 Å². The summed E-state index contributed by atoms with van der Waals surface area (Å²) in [6, 6.07) is 1.95. The number of carbonyl (C=O) groups is 1. The molecule has 2 atom stereocenters. The molecule has 2 rings (SSSR count). The monoisotopic (exact) mass is 337 g/mol. The Morgan fingerprint density at radius 2 is 2.19 bits per heavy atom. The molecule has 1 saturated heterocycles. The van der Waals surface area contributed by atoms with E-state index in [0.29, 0.717) is 0 Å². The van der Waals surface area contributed by atoms with Crippen LogP contribution in [0.2, 0.25) is 5.02 Å². The summed E-state index contributed by atoms with van der Waals surface area (Å²) in [7, 11) is -3.17. The number of sulfonamides is 1. The molecule has 0 saturated carbocycles. The fraction of sp³-hybridized carbons (Fsp3) is 0.417. The van der Waals surface area contributed by atoms with E-state index in [0.717, 1.165) is 23.5 Å². The second-order valence-electron chi connectivity index (χ2n) is 4.58. The number of aliphatic hydroxyl groups excluding tert-OH is 1. The summed E-state index contributed by atoms with van der Waals surface area (Å²) in [4.78, 5) is 11.0. The van der Waals surface area contributed by atoms with Gasteiger partial charge in [-0.3, -0.25) is 4.79 Å². The van der Waals surface area contributed by atoms with Crippen LogP contribution in [0.4, 0.5) is 4.39 Å². The first-order valence-corrected chi connectivity index (χ1v) is 7.82. The summed E-state index contributed by atoms with van der Waals surface area (Å²) < 4.78 is 44.0. The van der Waals surface area contributed by atoms with Gasteiger partial charge in [0.2, 0.25) is 10.0 Å². The van der Waals surface area contributed by atoms with E-state index in [-0.39, 0.29) is 18.0 Å². The molecule has 6 nitrogen and oxygen atoms in total. The molecule has 0 amide bonds. The number of esters is 1. The molecular formula is C12H13ClFNO5S. The smallest absolute Gasteiger partial charge is 0.324 e. The number of halogens is 2. The van der Waals surface area contributed by atoms with Crippen LogP contribution in [0.25, 0.3) is 0 Å². The molecule has 0 bridgehead atoms. The van der Waals surface area contributed by atoms with Crippen LogP contribution in [-0.4, -0.2) is 49.6 Å². The molecular weight excluding hydrogens is 325 g/mol. The van der Waals surface area contributed by atoms with Crippen molar-refractivity contribution in [1.82, 2.24) is 4.31 Å². The van der Waals surface area contributed by atoms with Gasteiger partial charge in [-0.25, -0.2) is 12.8 Å². The first-order chi connectivity index (χ1) is 9.77. The highest BCUT2D eigenvalue weighted by atomic mass is 35.5. The molecule has 1 aliphatic heterocycles. The maximum Gasteiger partial charge on any atom is 0.324 e. The number of benzene rings is 1. The van der Waals surface area contributed by atoms with Crippen LogP contribution < -0.4 is 0 Å². The minimum atomic E-state index is -4.28. The third-order valence-electron chi connectivity index (χ3n) is 3.19. The van der Waals surface area contributed by atoms with Crippen molar-refractivity contribution < 1.29 is 27.4 Å². The number of hydrogen-bond acceptors (Lipinski definition) is 5. The second kappa shape index (κ2) is 5.88. The van der Waals surface area contributed by atoms with Crippen molar-refractivity contribution >= 4 is 27.6 Å². The lowest BCUT2D eigenvalue weighted by molar-refractivity contribution is -0.144. The molecule has 1 N–H and O–H groups in total. The minimum Gasteiger partial charge on any atom is -0.468 e. The number of rotatable bonds is 3. The number of nitrogens with zero attached hydrogens (tertiary/aromatic N) is 1. The zero-order valence-corrected chi connectivity index (χ0v) is 12.6. The van der Waals surface area contributed by atoms with Crippen LogP contribution in [0.3, 0.4) is 0 Å². The van der Waals surface area contributed by atoms with Crippen LogP contribution in [0.15, 0.2) is 23.1 Å². The van der Waals surface area contributed by atoms with Gasteiger partial charge in [-0.05, 0) is 18.2 Å². The average Bonchev–Trinajstić information content (AvgIpc) is 2.80. The molecule has 0 aromatic heterocycles. The predicted octanol–water partition coefficient (Wildman–Crippen LogP) is 0.776. The highest BCUT2D eigenvalue weighted by molar-refractivity contribution is 7.89. The number of hydrogen-bond donors (Lipinski definition) is 1. The van der Waals surface area contributed by atoms with E-state index in [4.69, 9.17) is 11.6 Å². The SMILES string of the molecule is COC(=O)C1CC(O)CN1S(=O)(=O)c1ccc(Cl)cc1F. The molecule has 1 heterocycles. The molecule has 116 valence electrons. The third-order valence-corrected chi connectivity index (χ3v) is 5.33. The quantitative estimate of drug-likeness (QED) is 0.824. The topological polar surface area (TPSA) is 83.9 Å². The van der Waals surface area contributed by atoms with E-state index in [9.17, 15) is 22.7 Å². The minimum absolute atomic E-state index is 0.0532. The summed E-state index contributed by atoms with van der Waals surface area (Å²) in [5.74, 6) is -1.82. The number of β-amino-alcohol motifs (C(OH)–C–C–N with tert-alkyl or cyclic N) is 1. The molecule has 21 heavy (non-hydrogen) atoms. The van der Waals surface area contributed by atoms with Crippen LogP contribution in [0, 0.1) is 5.82 Å². The van der Waals surface area contributed by atoms with E-state index in [2.05, 4.69) is 4.74 Å². The van der Waals surface area contributed by atoms with Gasteiger partial charge in [0.05, 0.1) is 13.2 Å². The van der Waals surface area contributed by atoms with E-state index in [1.165, 1.54) is 6.07 Å². The number of methoxy groups -OCH3 is 1. The number of aliphatic hydroxyl groups is 1. The Morgan fingerprint density at radius 3 is 2.76 bits per heavy atom. The number of carbonyl (C=O) groups excluding carboxylic acids is 1. The van der Waals surface area contributed by atoms with Gasteiger partial charge in [0.15, 0.2) is 0 Å². The molecule has 1 fully saturated rings. The van der Waals surface area contributed by atoms with E-state index >= 15 is 0 Å². The largest absolute Gasteiger partial charge is 0.468 e. The maximum absolute atomic E-state index is 13.8. The Bertz CT molecular complexity index is 666. The highest BCUT2D eigenvalue weighted by Gasteiger charge is 2.44. The third kappa shape index (κ3) is 3.03. The van der Waals surface area contributed by atoms with Crippen LogP contribution in [0.1, 0.15) is 6.42 Å². The Labute approximate surface area is 126 Å². The summed E-state index contributed by atoms with van der Waals surface area (Å²) in [5, 5.41) is 9.66. The van der Waals surface area contributed by atoms with Crippen LogP contribution in [-0.2, 0) is 19.6 Å². The summed E-state index contributed by atoms with van der Waals surface area (Å²) in [6.45, 7) is -0.301. The molecule has 1 aliphatic rings. The average molecular weight is 338 g/mol. The normalized spacial score (nSPS) is 23.2. The van der Waals surface area contributed by atoms with E-state index in [1.54, 1.807) is 0 Å². The molecule has 0 spiro atoms. The van der Waals surface area contributed by atoms with Crippen molar-refractivity contribution in [2.45, 2.75) is 23.5 Å². The van der Waals surface area contributed by atoms with Crippen LogP contribution >= 0.6 is 11.6 Å². The van der Waals surface area contributed by atoms with Crippen molar-refractivity contribution in [3.05, 3.63) is 29.0 Å². The zero-order valence-electron chi connectivity index (χ0n) is 11.0. The van der Waals surface area contributed by atoms with Crippen molar-refractivity contribution in [3.63, 3.8) is 0 Å². The fourth-order valence-corrected chi connectivity index (χ4v) is 4.04. The Hall–Kier alpha value is -1.22. The predicted molar refractivity (Wildman–Crippen MR) is 71.7 cm³/mol.